The van der Waals surface area contributed by atoms with Gasteiger partial charge in [-0.05, 0) is 38.1 Å². The second-order valence-corrected chi connectivity index (χ2v) is 5.68. The van der Waals surface area contributed by atoms with Crippen LogP contribution in [0.5, 0.6) is 0 Å². The Labute approximate surface area is 137 Å². The zero-order chi connectivity index (χ0) is 13.7. The highest BCUT2D eigenvalue weighted by Gasteiger charge is 2.19. The molecule has 114 valence electrons. The third-order valence-corrected chi connectivity index (χ3v) is 4.38. The SMILES string of the molecule is Cl.NCCCCN1CCN(c2cccc(Cl)c2Cl)CC1. The first-order chi connectivity index (χ1) is 9.22. The van der Waals surface area contributed by atoms with E-state index in [1.165, 1.54) is 6.42 Å². The molecule has 0 amide bonds. The number of nitrogens with two attached hydrogens (primary N) is 1. The van der Waals surface area contributed by atoms with Crippen LogP contribution in [0.4, 0.5) is 5.69 Å². The van der Waals surface area contributed by atoms with E-state index >= 15 is 0 Å². The molecule has 1 fully saturated rings. The Morgan fingerprint density at radius 1 is 1.05 bits per heavy atom. The van der Waals surface area contributed by atoms with Crippen molar-refractivity contribution in [2.75, 3.05) is 44.2 Å². The van der Waals surface area contributed by atoms with Crippen molar-refractivity contribution in [1.82, 2.24) is 4.90 Å². The van der Waals surface area contributed by atoms with Gasteiger partial charge in [-0.2, -0.15) is 0 Å². The van der Waals surface area contributed by atoms with Crippen LogP contribution in [0.2, 0.25) is 10.0 Å². The van der Waals surface area contributed by atoms with Gasteiger partial charge in [-0.15, -0.1) is 12.4 Å². The quantitative estimate of drug-likeness (QED) is 0.836. The number of rotatable bonds is 5. The molecule has 1 aromatic carbocycles. The molecule has 6 heteroatoms. The Balaban J connectivity index is 0.00000200. The maximum atomic E-state index is 6.26. The first kappa shape index (κ1) is 17.9. The minimum absolute atomic E-state index is 0. The average molecular weight is 339 g/mol. The number of hydrogen-bond acceptors (Lipinski definition) is 3. The zero-order valence-electron chi connectivity index (χ0n) is 11.5. The lowest BCUT2D eigenvalue weighted by Crippen LogP contribution is -2.46. The van der Waals surface area contributed by atoms with Gasteiger partial charge in [-0.3, -0.25) is 4.90 Å². The Hall–Kier alpha value is -0.190. The first-order valence-electron chi connectivity index (χ1n) is 6.83. The summed E-state index contributed by atoms with van der Waals surface area (Å²) in [5.74, 6) is 0. The lowest BCUT2D eigenvalue weighted by Gasteiger charge is -2.36. The van der Waals surface area contributed by atoms with E-state index in [0.717, 1.165) is 51.4 Å². The van der Waals surface area contributed by atoms with E-state index in [1.807, 2.05) is 18.2 Å². The molecule has 0 saturated carbocycles. The lowest BCUT2D eigenvalue weighted by atomic mass is 10.2. The van der Waals surface area contributed by atoms with Crippen LogP contribution in [-0.2, 0) is 0 Å². The molecular weight excluding hydrogens is 317 g/mol. The summed E-state index contributed by atoms with van der Waals surface area (Å²) in [5, 5.41) is 1.30. The van der Waals surface area contributed by atoms with Gasteiger partial charge in [0.25, 0.3) is 0 Å². The van der Waals surface area contributed by atoms with Crippen LogP contribution in [0.25, 0.3) is 0 Å². The van der Waals surface area contributed by atoms with Crippen molar-refractivity contribution in [1.29, 1.82) is 0 Å². The van der Waals surface area contributed by atoms with E-state index in [4.69, 9.17) is 28.9 Å². The number of benzene rings is 1. The fourth-order valence-corrected chi connectivity index (χ4v) is 2.84. The topological polar surface area (TPSA) is 32.5 Å². The molecule has 1 aliphatic heterocycles. The van der Waals surface area contributed by atoms with Gasteiger partial charge in [-0.25, -0.2) is 0 Å². The molecule has 0 aromatic heterocycles. The molecule has 1 aromatic rings. The number of unbranched alkanes of at least 4 members (excludes halogenated alkanes) is 1. The van der Waals surface area contributed by atoms with Gasteiger partial charge in [0.15, 0.2) is 0 Å². The van der Waals surface area contributed by atoms with E-state index in [2.05, 4.69) is 9.80 Å². The van der Waals surface area contributed by atoms with Gasteiger partial charge >= 0.3 is 0 Å². The molecule has 2 rings (SSSR count). The van der Waals surface area contributed by atoms with E-state index in [9.17, 15) is 0 Å². The van der Waals surface area contributed by atoms with Crippen LogP contribution in [0.3, 0.4) is 0 Å². The third kappa shape index (κ3) is 4.68. The molecule has 3 nitrogen and oxygen atoms in total. The van der Waals surface area contributed by atoms with E-state index in [-0.39, 0.29) is 12.4 Å². The van der Waals surface area contributed by atoms with Crippen LogP contribution in [-0.4, -0.2) is 44.2 Å². The highest BCUT2D eigenvalue weighted by atomic mass is 35.5. The van der Waals surface area contributed by atoms with E-state index in [0.29, 0.717) is 10.0 Å². The highest BCUT2D eigenvalue weighted by Crippen LogP contribution is 2.32. The molecule has 0 unspecified atom stereocenters. The van der Waals surface area contributed by atoms with Crippen molar-refractivity contribution >= 4 is 41.3 Å². The number of anilines is 1. The van der Waals surface area contributed by atoms with Crippen molar-refractivity contribution in [3.05, 3.63) is 28.2 Å². The van der Waals surface area contributed by atoms with E-state index < -0.39 is 0 Å². The molecule has 1 aliphatic rings. The summed E-state index contributed by atoms with van der Waals surface area (Å²) < 4.78 is 0. The largest absolute Gasteiger partial charge is 0.368 e. The maximum Gasteiger partial charge on any atom is 0.0825 e. The van der Waals surface area contributed by atoms with Gasteiger partial charge in [0.1, 0.15) is 0 Å². The molecule has 1 saturated heterocycles. The number of hydrogen-bond donors (Lipinski definition) is 1. The number of nitrogens with zero attached hydrogens (tertiary/aromatic N) is 2. The number of halogens is 3. The van der Waals surface area contributed by atoms with Gasteiger partial charge in [0.2, 0.25) is 0 Å². The first-order valence-corrected chi connectivity index (χ1v) is 7.59. The maximum absolute atomic E-state index is 6.26. The summed E-state index contributed by atoms with van der Waals surface area (Å²) in [5.41, 5.74) is 6.57. The Kier molecular flexibility index (Phi) is 8.00. The second-order valence-electron chi connectivity index (χ2n) is 4.90. The summed E-state index contributed by atoms with van der Waals surface area (Å²) in [4.78, 5) is 4.80. The van der Waals surface area contributed by atoms with Crippen LogP contribution in [0.15, 0.2) is 18.2 Å². The average Bonchev–Trinajstić information content (AvgIpc) is 2.43. The Morgan fingerprint density at radius 3 is 2.40 bits per heavy atom. The highest BCUT2D eigenvalue weighted by molar-refractivity contribution is 6.43. The molecule has 0 bridgehead atoms. The van der Waals surface area contributed by atoms with Gasteiger partial charge in [0, 0.05) is 26.2 Å². The molecular formula is C14H22Cl3N3. The van der Waals surface area contributed by atoms with Crippen molar-refractivity contribution in [3.63, 3.8) is 0 Å². The van der Waals surface area contributed by atoms with Crippen molar-refractivity contribution in [3.8, 4) is 0 Å². The molecule has 0 aliphatic carbocycles. The molecule has 0 spiro atoms. The second kappa shape index (κ2) is 8.96. The zero-order valence-corrected chi connectivity index (χ0v) is 13.9. The van der Waals surface area contributed by atoms with Crippen LogP contribution >= 0.6 is 35.6 Å². The normalized spacial score (nSPS) is 16.1. The van der Waals surface area contributed by atoms with Crippen LogP contribution in [0.1, 0.15) is 12.8 Å². The Morgan fingerprint density at radius 2 is 1.75 bits per heavy atom. The van der Waals surface area contributed by atoms with Crippen LogP contribution < -0.4 is 10.6 Å². The van der Waals surface area contributed by atoms with Gasteiger partial charge in [0.05, 0.1) is 15.7 Å². The molecule has 0 radical (unpaired) electrons. The Bertz CT molecular complexity index is 407. The fourth-order valence-electron chi connectivity index (χ4n) is 2.43. The molecule has 20 heavy (non-hydrogen) atoms. The lowest BCUT2D eigenvalue weighted by molar-refractivity contribution is 0.253. The molecule has 2 N–H and O–H groups in total. The van der Waals surface area contributed by atoms with Crippen molar-refractivity contribution in [2.24, 2.45) is 5.73 Å². The summed E-state index contributed by atoms with van der Waals surface area (Å²) >= 11 is 12.3. The van der Waals surface area contributed by atoms with Gasteiger partial charge < -0.3 is 10.6 Å². The standard InChI is InChI=1S/C14H21Cl2N3.ClH/c15-12-4-3-5-13(14(12)16)19-10-8-18(9-11-19)7-2-1-6-17;/h3-5H,1-2,6-11,17H2;1H. The van der Waals surface area contributed by atoms with E-state index in [1.54, 1.807) is 0 Å². The van der Waals surface area contributed by atoms with Crippen molar-refractivity contribution < 1.29 is 0 Å². The molecule has 1 heterocycles. The minimum atomic E-state index is 0. The summed E-state index contributed by atoms with van der Waals surface area (Å²) in [6.45, 7) is 6.10. The monoisotopic (exact) mass is 337 g/mol. The summed E-state index contributed by atoms with van der Waals surface area (Å²) in [6.07, 6.45) is 2.30. The fraction of sp³-hybridized carbons (Fsp3) is 0.571. The van der Waals surface area contributed by atoms with Gasteiger partial charge in [-0.1, -0.05) is 29.3 Å². The third-order valence-electron chi connectivity index (χ3n) is 3.57. The molecule has 0 atom stereocenters. The minimum Gasteiger partial charge on any atom is -0.368 e. The van der Waals surface area contributed by atoms with Crippen molar-refractivity contribution in [2.45, 2.75) is 12.8 Å². The number of piperazine rings is 1. The predicted octanol–water partition coefficient (Wildman–Crippen LogP) is 3.28. The summed E-state index contributed by atoms with van der Waals surface area (Å²) in [6, 6.07) is 5.83. The smallest absolute Gasteiger partial charge is 0.0825 e. The summed E-state index contributed by atoms with van der Waals surface area (Å²) in [7, 11) is 0. The van der Waals surface area contributed by atoms with Crippen LogP contribution in [0, 0.1) is 0 Å². The predicted molar refractivity (Wildman–Crippen MR) is 90.7 cm³/mol.